The Morgan fingerprint density at radius 2 is 1.92 bits per heavy atom. The molecule has 1 aliphatic carbocycles. The number of nitrogens with one attached hydrogen (secondary N) is 1. The van der Waals surface area contributed by atoms with Gasteiger partial charge in [-0.3, -0.25) is 0 Å². The third-order valence-corrected chi connectivity index (χ3v) is 5.18. The molecule has 128 valence electrons. The molecule has 0 bridgehead atoms. The molecule has 3 heterocycles. The first-order chi connectivity index (χ1) is 12.2. The van der Waals surface area contributed by atoms with Crippen LogP contribution in [0.25, 0.3) is 16.9 Å². The van der Waals surface area contributed by atoms with E-state index >= 15 is 0 Å². The fraction of sp³-hybridized carbons (Fsp3) is 0.412. The van der Waals surface area contributed by atoms with Crippen molar-refractivity contribution < 1.29 is 4.74 Å². The van der Waals surface area contributed by atoms with Crippen molar-refractivity contribution >= 4 is 17.1 Å². The number of benzene rings is 1. The smallest absolute Gasteiger partial charge is 0.225 e. The monoisotopic (exact) mass is 337 g/mol. The van der Waals surface area contributed by atoms with Crippen LogP contribution >= 0.6 is 0 Å². The van der Waals surface area contributed by atoms with E-state index in [1.54, 1.807) is 18.0 Å². The number of nitrogens with zero attached hydrogens (tertiary/aromatic N) is 6. The van der Waals surface area contributed by atoms with E-state index in [0.717, 1.165) is 24.5 Å². The first kappa shape index (κ1) is 14.6. The summed E-state index contributed by atoms with van der Waals surface area (Å²) in [6.07, 6.45) is 1.72. The van der Waals surface area contributed by atoms with E-state index in [1.807, 2.05) is 24.3 Å². The molecule has 5 rings (SSSR count). The molecule has 1 aliphatic heterocycles. The van der Waals surface area contributed by atoms with Crippen molar-refractivity contribution in [2.75, 3.05) is 32.6 Å². The second-order valence-electron chi connectivity index (χ2n) is 6.82. The van der Waals surface area contributed by atoms with E-state index in [0.29, 0.717) is 35.0 Å². The molecule has 1 saturated carbocycles. The molecule has 25 heavy (non-hydrogen) atoms. The third-order valence-electron chi connectivity index (χ3n) is 5.18. The molecule has 8 nitrogen and oxygen atoms in total. The highest BCUT2D eigenvalue weighted by molar-refractivity contribution is 5.72. The van der Waals surface area contributed by atoms with Gasteiger partial charge in [-0.15, -0.1) is 5.10 Å². The van der Waals surface area contributed by atoms with Crippen molar-refractivity contribution in [1.29, 1.82) is 0 Å². The summed E-state index contributed by atoms with van der Waals surface area (Å²) in [6.45, 7) is 2.30. The van der Waals surface area contributed by atoms with Crippen LogP contribution in [0.5, 0.6) is 5.75 Å². The lowest BCUT2D eigenvalue weighted by Crippen LogP contribution is -2.24. The summed E-state index contributed by atoms with van der Waals surface area (Å²) in [4.78, 5) is 11.4. The Hall–Kier alpha value is -2.74. The zero-order valence-corrected chi connectivity index (χ0v) is 14.1. The van der Waals surface area contributed by atoms with Gasteiger partial charge in [0.25, 0.3) is 0 Å². The van der Waals surface area contributed by atoms with Crippen molar-refractivity contribution in [1.82, 2.24) is 29.9 Å². The zero-order chi connectivity index (χ0) is 17.0. The second kappa shape index (κ2) is 5.38. The molecule has 0 amide bonds. The van der Waals surface area contributed by atoms with Crippen LogP contribution in [0.4, 0.5) is 5.95 Å². The summed E-state index contributed by atoms with van der Waals surface area (Å²) in [5.41, 5.74) is 2.26. The van der Waals surface area contributed by atoms with E-state index in [-0.39, 0.29) is 0 Å². The van der Waals surface area contributed by atoms with Crippen LogP contribution < -0.4 is 10.1 Å². The molecular formula is C17H19N7O. The Labute approximate surface area is 144 Å². The maximum absolute atomic E-state index is 5.20. The van der Waals surface area contributed by atoms with Crippen LogP contribution in [-0.2, 0) is 0 Å². The molecule has 2 aromatic heterocycles. The number of hydrogen-bond donors (Lipinski definition) is 1. The van der Waals surface area contributed by atoms with Crippen molar-refractivity contribution in [3.05, 3.63) is 30.5 Å². The minimum absolute atomic E-state index is 0.485. The lowest BCUT2D eigenvalue weighted by atomic mass is 10.3. The van der Waals surface area contributed by atoms with Gasteiger partial charge in [-0.05, 0) is 43.1 Å². The summed E-state index contributed by atoms with van der Waals surface area (Å²) in [5.74, 6) is 2.88. The number of aromatic nitrogens is 5. The average molecular weight is 337 g/mol. The van der Waals surface area contributed by atoms with Crippen molar-refractivity contribution in [3.8, 4) is 11.4 Å². The van der Waals surface area contributed by atoms with Gasteiger partial charge in [0.05, 0.1) is 19.0 Å². The normalized spacial score (nSPS) is 25.1. The summed E-state index contributed by atoms with van der Waals surface area (Å²) in [5, 5.41) is 11.9. The molecule has 0 spiro atoms. The summed E-state index contributed by atoms with van der Waals surface area (Å²) in [7, 11) is 3.82. The number of fused-ring (bicyclic) bond motifs is 2. The highest BCUT2D eigenvalue weighted by Crippen LogP contribution is 2.46. The van der Waals surface area contributed by atoms with Gasteiger partial charge in [0.2, 0.25) is 5.95 Å². The van der Waals surface area contributed by atoms with Crippen LogP contribution in [0.2, 0.25) is 0 Å². The van der Waals surface area contributed by atoms with E-state index in [2.05, 4.69) is 37.5 Å². The quantitative estimate of drug-likeness (QED) is 0.766. The van der Waals surface area contributed by atoms with Gasteiger partial charge in [-0.1, -0.05) is 5.21 Å². The van der Waals surface area contributed by atoms with Crippen LogP contribution in [-0.4, -0.2) is 63.2 Å². The largest absolute Gasteiger partial charge is 0.497 e. The van der Waals surface area contributed by atoms with Gasteiger partial charge < -0.3 is 15.0 Å². The number of piperidine rings is 1. The number of ether oxygens (including phenoxy) is 1. The highest BCUT2D eigenvalue weighted by atomic mass is 16.5. The van der Waals surface area contributed by atoms with Crippen LogP contribution in [0, 0.1) is 11.8 Å². The van der Waals surface area contributed by atoms with Crippen molar-refractivity contribution in [3.63, 3.8) is 0 Å². The van der Waals surface area contributed by atoms with Gasteiger partial charge in [0, 0.05) is 19.1 Å². The average Bonchev–Trinajstić information content (AvgIpc) is 3.00. The molecule has 2 aliphatic rings. The Balaban J connectivity index is 1.43. The molecule has 2 atom stereocenters. The number of methoxy groups -OCH3 is 1. The predicted octanol–water partition coefficient (Wildman–Crippen LogP) is 1.19. The van der Waals surface area contributed by atoms with Crippen LogP contribution in [0.3, 0.4) is 0 Å². The van der Waals surface area contributed by atoms with Crippen LogP contribution in [0.15, 0.2) is 30.5 Å². The maximum atomic E-state index is 5.20. The molecule has 2 fully saturated rings. The maximum Gasteiger partial charge on any atom is 0.225 e. The van der Waals surface area contributed by atoms with Gasteiger partial charge in [-0.2, -0.15) is 9.67 Å². The minimum Gasteiger partial charge on any atom is -0.497 e. The predicted molar refractivity (Wildman–Crippen MR) is 92.9 cm³/mol. The van der Waals surface area contributed by atoms with Gasteiger partial charge in [-0.25, -0.2) is 4.98 Å². The van der Waals surface area contributed by atoms with Gasteiger partial charge >= 0.3 is 0 Å². The minimum atomic E-state index is 0.485. The third kappa shape index (κ3) is 2.41. The Morgan fingerprint density at radius 1 is 1.16 bits per heavy atom. The lowest BCUT2D eigenvalue weighted by molar-refractivity contribution is 0.366. The molecule has 1 saturated heterocycles. The first-order valence-electron chi connectivity index (χ1n) is 8.41. The van der Waals surface area contributed by atoms with Crippen molar-refractivity contribution in [2.24, 2.45) is 11.8 Å². The summed E-state index contributed by atoms with van der Waals surface area (Å²) < 4.78 is 6.93. The summed E-state index contributed by atoms with van der Waals surface area (Å²) in [6, 6.07) is 8.14. The van der Waals surface area contributed by atoms with E-state index in [9.17, 15) is 0 Å². The number of hydrogen-bond acceptors (Lipinski definition) is 7. The van der Waals surface area contributed by atoms with Gasteiger partial charge in [0.15, 0.2) is 11.2 Å². The molecular weight excluding hydrogens is 318 g/mol. The first-order valence-corrected chi connectivity index (χ1v) is 8.41. The standard InChI is InChI=1S/C17H19N7O/c1-23-8-12-13(9-23)15(12)19-17-18-7-14-16(20-17)24(22-21-14)10-3-5-11(25-2)6-4-10/h3-7,12-13,15H,8-9H2,1-2H3,(H,18,19,20). The molecule has 8 heteroatoms. The number of anilines is 1. The fourth-order valence-corrected chi connectivity index (χ4v) is 3.80. The molecule has 1 aromatic carbocycles. The Kier molecular flexibility index (Phi) is 3.14. The van der Waals surface area contributed by atoms with E-state index in [1.165, 1.54) is 0 Å². The topological polar surface area (TPSA) is 81.0 Å². The zero-order valence-electron chi connectivity index (χ0n) is 14.1. The Morgan fingerprint density at radius 3 is 2.64 bits per heavy atom. The Bertz CT molecular complexity index is 910. The van der Waals surface area contributed by atoms with Crippen molar-refractivity contribution in [2.45, 2.75) is 6.04 Å². The molecule has 0 radical (unpaired) electrons. The number of rotatable bonds is 4. The summed E-state index contributed by atoms with van der Waals surface area (Å²) >= 11 is 0. The molecule has 3 aromatic rings. The molecule has 2 unspecified atom stereocenters. The lowest BCUT2D eigenvalue weighted by Gasteiger charge is -2.13. The van der Waals surface area contributed by atoms with E-state index < -0.39 is 0 Å². The van der Waals surface area contributed by atoms with E-state index in [4.69, 9.17) is 4.74 Å². The second-order valence-corrected chi connectivity index (χ2v) is 6.82. The van der Waals surface area contributed by atoms with Crippen LogP contribution in [0.1, 0.15) is 0 Å². The molecule has 1 N–H and O–H groups in total. The SMILES string of the molecule is COc1ccc(-n2nnc3cnc(NC4C5CN(C)CC54)nc32)cc1. The number of likely N-dealkylation sites (tertiary alicyclic amines) is 1. The van der Waals surface area contributed by atoms with Gasteiger partial charge in [0.1, 0.15) is 5.75 Å². The fourth-order valence-electron chi connectivity index (χ4n) is 3.80. The highest BCUT2D eigenvalue weighted by Gasteiger charge is 2.55.